The number of H-pyrrole nitrogens is 1. The Bertz CT molecular complexity index is 835. The highest BCUT2D eigenvalue weighted by atomic mass is 32.2. The maximum atomic E-state index is 12.5. The fraction of sp³-hybridized carbons (Fsp3) is 0.250. The zero-order valence-corrected chi connectivity index (χ0v) is 16.2. The summed E-state index contributed by atoms with van der Waals surface area (Å²) in [4.78, 5) is 18.7. The van der Waals surface area contributed by atoms with Crippen LogP contribution >= 0.6 is 11.8 Å². The Morgan fingerprint density at radius 1 is 1.15 bits per heavy atom. The Hall–Kier alpha value is -2.64. The van der Waals surface area contributed by atoms with E-state index in [1.54, 1.807) is 11.8 Å². The summed E-state index contributed by atoms with van der Waals surface area (Å²) in [6, 6.07) is 18.0. The maximum Gasteiger partial charge on any atom is 0.251 e. The molecule has 0 spiro atoms. The Morgan fingerprint density at radius 2 is 1.89 bits per heavy atom. The van der Waals surface area contributed by atoms with Crippen LogP contribution in [-0.2, 0) is 5.75 Å². The summed E-state index contributed by atoms with van der Waals surface area (Å²) < 4.78 is 0. The number of carbonyl (C=O) groups is 1. The number of nitrogens with one attached hydrogen (secondary N) is 2. The van der Waals surface area contributed by atoms with E-state index >= 15 is 0 Å². The van der Waals surface area contributed by atoms with Crippen molar-refractivity contribution in [3.05, 3.63) is 77.6 Å². The van der Waals surface area contributed by atoms with Crippen molar-refractivity contribution in [1.29, 1.82) is 0 Å². The number of thioether (sulfide) groups is 1. The second-order valence-corrected chi connectivity index (χ2v) is 7.34. The van der Waals surface area contributed by atoms with Gasteiger partial charge in [-0.1, -0.05) is 54.2 Å². The van der Waals surface area contributed by atoms with Gasteiger partial charge in [0.1, 0.15) is 6.33 Å². The Morgan fingerprint density at radius 3 is 2.52 bits per heavy atom. The van der Waals surface area contributed by atoms with E-state index in [1.165, 1.54) is 11.9 Å². The van der Waals surface area contributed by atoms with Crippen LogP contribution in [0.3, 0.4) is 0 Å². The highest BCUT2D eigenvalue weighted by Gasteiger charge is 2.15. The van der Waals surface area contributed by atoms with Gasteiger partial charge in [0.05, 0.1) is 6.04 Å². The van der Waals surface area contributed by atoms with Gasteiger partial charge in [-0.25, -0.2) is 4.98 Å². The quantitative estimate of drug-likeness (QED) is 0.587. The molecule has 0 saturated carbocycles. The third-order valence-corrected chi connectivity index (χ3v) is 5.20. The third-order valence-electron chi connectivity index (χ3n) is 4.25. The fourth-order valence-corrected chi connectivity index (χ4v) is 3.47. The van der Waals surface area contributed by atoms with Crippen molar-refractivity contribution in [1.82, 2.24) is 25.4 Å². The van der Waals surface area contributed by atoms with E-state index in [0.29, 0.717) is 12.1 Å². The molecule has 1 unspecified atom stereocenters. The summed E-state index contributed by atoms with van der Waals surface area (Å²) in [7, 11) is 4.04. The van der Waals surface area contributed by atoms with E-state index in [-0.39, 0.29) is 11.9 Å². The van der Waals surface area contributed by atoms with Crippen LogP contribution in [-0.4, -0.2) is 46.6 Å². The fourth-order valence-electron chi connectivity index (χ4n) is 2.73. The Labute approximate surface area is 163 Å². The van der Waals surface area contributed by atoms with E-state index < -0.39 is 0 Å². The summed E-state index contributed by atoms with van der Waals surface area (Å²) in [5.41, 5.74) is 2.97. The number of amides is 1. The van der Waals surface area contributed by atoms with Gasteiger partial charge in [0, 0.05) is 17.9 Å². The molecule has 7 heteroatoms. The minimum atomic E-state index is -0.0628. The molecule has 6 nitrogen and oxygen atoms in total. The molecule has 0 aliphatic rings. The van der Waals surface area contributed by atoms with Crippen molar-refractivity contribution in [2.24, 2.45) is 0 Å². The highest BCUT2D eigenvalue weighted by molar-refractivity contribution is 7.98. The van der Waals surface area contributed by atoms with E-state index in [1.807, 2.05) is 56.6 Å². The van der Waals surface area contributed by atoms with Gasteiger partial charge in [0.25, 0.3) is 5.91 Å². The lowest BCUT2D eigenvalue weighted by atomic mass is 10.1. The van der Waals surface area contributed by atoms with Crippen molar-refractivity contribution in [3.63, 3.8) is 0 Å². The monoisotopic (exact) mass is 381 g/mol. The number of aromatic nitrogens is 3. The van der Waals surface area contributed by atoms with E-state index in [0.717, 1.165) is 16.5 Å². The number of hydrogen-bond acceptors (Lipinski definition) is 5. The molecule has 140 valence electrons. The molecule has 27 heavy (non-hydrogen) atoms. The lowest BCUT2D eigenvalue weighted by molar-refractivity contribution is 0.0942. The van der Waals surface area contributed by atoms with Crippen molar-refractivity contribution < 1.29 is 4.79 Å². The number of aromatic amines is 1. The molecule has 1 atom stereocenters. The van der Waals surface area contributed by atoms with Gasteiger partial charge in [-0.05, 0) is 37.4 Å². The van der Waals surface area contributed by atoms with Gasteiger partial charge in [-0.2, -0.15) is 5.10 Å². The lowest BCUT2D eigenvalue weighted by Crippen LogP contribution is -2.34. The SMILES string of the molecule is CN(C)C(CNC(=O)c1ccc(CSc2ncn[nH]2)cc1)c1ccccc1. The largest absolute Gasteiger partial charge is 0.350 e. The van der Waals surface area contributed by atoms with Crippen LogP contribution in [0, 0.1) is 0 Å². The van der Waals surface area contributed by atoms with Gasteiger partial charge in [-0.15, -0.1) is 0 Å². The molecule has 3 aromatic rings. The average molecular weight is 382 g/mol. The Kier molecular flexibility index (Phi) is 6.62. The molecule has 0 fully saturated rings. The van der Waals surface area contributed by atoms with E-state index in [4.69, 9.17) is 0 Å². The van der Waals surface area contributed by atoms with Crippen LogP contribution < -0.4 is 5.32 Å². The topological polar surface area (TPSA) is 73.9 Å². The molecule has 1 heterocycles. The highest BCUT2D eigenvalue weighted by Crippen LogP contribution is 2.19. The van der Waals surface area contributed by atoms with Gasteiger partial charge in [0.15, 0.2) is 5.16 Å². The van der Waals surface area contributed by atoms with E-state index in [9.17, 15) is 4.79 Å². The molecule has 0 saturated heterocycles. The Balaban J connectivity index is 1.55. The predicted molar refractivity (Wildman–Crippen MR) is 108 cm³/mol. The standard InChI is InChI=1S/C20H23N5OS/c1-25(2)18(16-6-4-3-5-7-16)12-21-19(26)17-10-8-15(9-11-17)13-27-20-22-14-23-24-20/h3-11,14,18H,12-13H2,1-2H3,(H,21,26)(H,22,23,24). The normalized spacial score (nSPS) is 12.1. The number of benzene rings is 2. The lowest BCUT2D eigenvalue weighted by Gasteiger charge is -2.25. The number of likely N-dealkylation sites (N-methyl/N-ethyl adjacent to an activating group) is 1. The zero-order valence-electron chi connectivity index (χ0n) is 15.4. The second kappa shape index (κ2) is 9.34. The molecule has 2 aromatic carbocycles. The first-order valence-electron chi connectivity index (χ1n) is 8.70. The van der Waals surface area contributed by atoms with Crippen molar-refractivity contribution in [2.75, 3.05) is 20.6 Å². The molecule has 3 rings (SSSR count). The summed E-state index contributed by atoms with van der Waals surface area (Å²) in [5, 5.41) is 10.5. The van der Waals surface area contributed by atoms with Crippen LogP contribution in [0.2, 0.25) is 0 Å². The molecule has 0 bridgehead atoms. The minimum absolute atomic E-state index is 0.0628. The smallest absolute Gasteiger partial charge is 0.251 e. The molecular formula is C20H23N5OS. The first-order valence-corrected chi connectivity index (χ1v) is 9.68. The minimum Gasteiger partial charge on any atom is -0.350 e. The summed E-state index contributed by atoms with van der Waals surface area (Å²) in [5.74, 6) is 0.709. The van der Waals surface area contributed by atoms with Gasteiger partial charge < -0.3 is 10.2 Å². The predicted octanol–water partition coefficient (Wildman–Crippen LogP) is 3.13. The summed E-state index contributed by atoms with van der Waals surface area (Å²) in [6.07, 6.45) is 1.49. The molecule has 0 radical (unpaired) electrons. The summed E-state index contributed by atoms with van der Waals surface area (Å²) >= 11 is 1.57. The van der Waals surface area contributed by atoms with Crippen molar-refractivity contribution in [3.8, 4) is 0 Å². The van der Waals surface area contributed by atoms with Gasteiger partial charge in [-0.3, -0.25) is 9.89 Å². The molecule has 0 aliphatic carbocycles. The average Bonchev–Trinajstić information content (AvgIpc) is 3.21. The van der Waals surface area contributed by atoms with Gasteiger partial charge >= 0.3 is 0 Å². The van der Waals surface area contributed by atoms with Crippen LogP contribution in [0.5, 0.6) is 0 Å². The number of carbonyl (C=O) groups excluding carboxylic acids is 1. The molecule has 0 aliphatic heterocycles. The van der Waals surface area contributed by atoms with Crippen molar-refractivity contribution in [2.45, 2.75) is 17.0 Å². The van der Waals surface area contributed by atoms with E-state index in [2.05, 4.69) is 37.5 Å². The molecule has 1 aromatic heterocycles. The molecular weight excluding hydrogens is 358 g/mol. The third kappa shape index (κ3) is 5.42. The summed E-state index contributed by atoms with van der Waals surface area (Å²) in [6.45, 7) is 0.555. The first-order chi connectivity index (χ1) is 13.1. The van der Waals surface area contributed by atoms with Gasteiger partial charge in [0.2, 0.25) is 0 Å². The van der Waals surface area contributed by atoms with Crippen LogP contribution in [0.15, 0.2) is 66.1 Å². The number of rotatable bonds is 8. The number of hydrogen-bond donors (Lipinski definition) is 2. The number of nitrogens with zero attached hydrogens (tertiary/aromatic N) is 3. The zero-order chi connectivity index (χ0) is 19.1. The second-order valence-electron chi connectivity index (χ2n) is 6.38. The van der Waals surface area contributed by atoms with Crippen molar-refractivity contribution >= 4 is 17.7 Å². The molecule has 2 N–H and O–H groups in total. The van der Waals surface area contributed by atoms with Crippen LogP contribution in [0.1, 0.15) is 27.5 Å². The maximum absolute atomic E-state index is 12.5. The molecule has 1 amide bonds. The van der Waals surface area contributed by atoms with Crippen LogP contribution in [0.4, 0.5) is 0 Å². The van der Waals surface area contributed by atoms with Crippen LogP contribution in [0.25, 0.3) is 0 Å². The first kappa shape index (κ1) is 19.1.